The zero-order valence-electron chi connectivity index (χ0n) is 16.1. The summed E-state index contributed by atoms with van der Waals surface area (Å²) in [5.74, 6) is -1.67. The molecule has 1 atom stereocenters. The van der Waals surface area contributed by atoms with Gasteiger partial charge in [-0.3, -0.25) is 4.79 Å². The lowest BCUT2D eigenvalue weighted by Gasteiger charge is -2.13. The molecule has 0 spiro atoms. The highest BCUT2D eigenvalue weighted by atomic mass is 16.6. The van der Waals surface area contributed by atoms with E-state index in [0.717, 1.165) is 0 Å². The maximum absolute atomic E-state index is 12.5. The van der Waals surface area contributed by atoms with E-state index >= 15 is 0 Å². The Labute approximate surface area is 158 Å². The zero-order chi connectivity index (χ0) is 20.1. The van der Waals surface area contributed by atoms with Crippen molar-refractivity contribution in [1.29, 1.82) is 0 Å². The fourth-order valence-electron chi connectivity index (χ4n) is 2.57. The zero-order valence-corrected chi connectivity index (χ0v) is 16.1. The molecular formula is C20H24N2O5. The summed E-state index contributed by atoms with van der Waals surface area (Å²) >= 11 is 0. The molecule has 0 saturated heterocycles. The minimum Gasteiger partial charge on any atom is -0.459 e. The first kappa shape index (κ1) is 20.2. The lowest BCUT2D eigenvalue weighted by molar-refractivity contribution is -0.123. The summed E-state index contributed by atoms with van der Waals surface area (Å²) < 4.78 is 10.4. The molecule has 1 heterocycles. The summed E-state index contributed by atoms with van der Waals surface area (Å²) in [5, 5.41) is 2.67. The predicted molar refractivity (Wildman–Crippen MR) is 101 cm³/mol. The Morgan fingerprint density at radius 2 is 1.59 bits per heavy atom. The smallest absolute Gasteiger partial charge is 0.355 e. The summed E-state index contributed by atoms with van der Waals surface area (Å²) in [4.78, 5) is 39.7. The molecule has 0 saturated carbocycles. The third kappa shape index (κ3) is 4.97. The number of para-hydroxylation sites is 1. The van der Waals surface area contributed by atoms with Crippen molar-refractivity contribution in [3.63, 3.8) is 0 Å². The standard InChI is InChI=1S/C20H24N2O5/c1-11(2)26-19(24)16-12(3)17(21-13(16)4)20(25)27-14(5)18(23)22-15-9-7-6-8-10-15/h6-11,14,21H,1-5H3,(H,22,23). The summed E-state index contributed by atoms with van der Waals surface area (Å²) in [7, 11) is 0. The second kappa shape index (κ2) is 8.53. The Morgan fingerprint density at radius 1 is 0.963 bits per heavy atom. The Bertz CT molecular complexity index is 840. The molecule has 27 heavy (non-hydrogen) atoms. The molecule has 1 unspecified atom stereocenters. The predicted octanol–water partition coefficient (Wildman–Crippen LogP) is 3.38. The van der Waals surface area contributed by atoms with Crippen molar-refractivity contribution in [3.05, 3.63) is 52.8 Å². The maximum Gasteiger partial charge on any atom is 0.355 e. The van der Waals surface area contributed by atoms with Crippen molar-refractivity contribution < 1.29 is 23.9 Å². The van der Waals surface area contributed by atoms with Crippen LogP contribution in [0.3, 0.4) is 0 Å². The second-order valence-electron chi connectivity index (χ2n) is 6.48. The van der Waals surface area contributed by atoms with E-state index in [1.807, 2.05) is 6.07 Å². The largest absolute Gasteiger partial charge is 0.459 e. The van der Waals surface area contributed by atoms with Gasteiger partial charge in [-0.05, 0) is 52.3 Å². The highest BCUT2D eigenvalue weighted by molar-refractivity contribution is 6.00. The summed E-state index contributed by atoms with van der Waals surface area (Å²) in [6.45, 7) is 8.28. The van der Waals surface area contributed by atoms with Gasteiger partial charge in [0.25, 0.3) is 5.91 Å². The lowest BCUT2D eigenvalue weighted by atomic mass is 10.1. The van der Waals surface area contributed by atoms with Gasteiger partial charge in [-0.2, -0.15) is 0 Å². The summed E-state index contributed by atoms with van der Waals surface area (Å²) in [6, 6.07) is 8.87. The number of aryl methyl sites for hydroxylation is 1. The average molecular weight is 372 g/mol. The molecule has 0 aliphatic rings. The van der Waals surface area contributed by atoms with E-state index in [4.69, 9.17) is 9.47 Å². The molecule has 2 aromatic rings. The van der Waals surface area contributed by atoms with Crippen molar-refractivity contribution in [3.8, 4) is 0 Å². The van der Waals surface area contributed by atoms with Crippen LogP contribution in [0.1, 0.15) is 52.9 Å². The van der Waals surface area contributed by atoms with E-state index in [1.54, 1.807) is 52.0 Å². The molecule has 0 radical (unpaired) electrons. The van der Waals surface area contributed by atoms with Crippen LogP contribution in [0.25, 0.3) is 0 Å². The van der Waals surface area contributed by atoms with Gasteiger partial charge in [0, 0.05) is 11.4 Å². The highest BCUT2D eigenvalue weighted by Crippen LogP contribution is 2.21. The van der Waals surface area contributed by atoms with Crippen LogP contribution in [0.4, 0.5) is 5.69 Å². The molecule has 1 aromatic heterocycles. The maximum atomic E-state index is 12.5. The lowest BCUT2D eigenvalue weighted by Crippen LogP contribution is -2.30. The van der Waals surface area contributed by atoms with Crippen molar-refractivity contribution in [1.82, 2.24) is 4.98 Å². The van der Waals surface area contributed by atoms with Crippen LogP contribution in [0.15, 0.2) is 30.3 Å². The van der Waals surface area contributed by atoms with Gasteiger partial charge in [-0.1, -0.05) is 18.2 Å². The van der Waals surface area contributed by atoms with Gasteiger partial charge < -0.3 is 19.8 Å². The topological polar surface area (TPSA) is 97.5 Å². The summed E-state index contributed by atoms with van der Waals surface area (Å²) in [5.41, 5.74) is 1.97. The first-order chi connectivity index (χ1) is 12.7. The molecule has 0 aliphatic carbocycles. The van der Waals surface area contributed by atoms with Gasteiger partial charge in [-0.25, -0.2) is 9.59 Å². The van der Waals surface area contributed by atoms with Crippen molar-refractivity contribution >= 4 is 23.5 Å². The molecule has 0 bridgehead atoms. The van der Waals surface area contributed by atoms with Crippen molar-refractivity contribution in [2.75, 3.05) is 5.32 Å². The third-order valence-corrected chi connectivity index (χ3v) is 3.88. The number of nitrogens with one attached hydrogen (secondary N) is 2. The quantitative estimate of drug-likeness (QED) is 0.758. The van der Waals surface area contributed by atoms with Crippen molar-refractivity contribution in [2.24, 2.45) is 0 Å². The van der Waals surface area contributed by atoms with E-state index in [2.05, 4.69) is 10.3 Å². The van der Waals surface area contributed by atoms with Gasteiger partial charge in [0.15, 0.2) is 6.10 Å². The van der Waals surface area contributed by atoms with E-state index in [0.29, 0.717) is 22.5 Å². The number of esters is 2. The minimum atomic E-state index is -1.01. The number of hydrogen-bond acceptors (Lipinski definition) is 5. The van der Waals surface area contributed by atoms with Crippen LogP contribution < -0.4 is 5.32 Å². The van der Waals surface area contributed by atoms with Gasteiger partial charge in [0.05, 0.1) is 11.7 Å². The van der Waals surface area contributed by atoms with Crippen LogP contribution in [0.2, 0.25) is 0 Å². The Morgan fingerprint density at radius 3 is 2.19 bits per heavy atom. The van der Waals surface area contributed by atoms with Crippen LogP contribution in [-0.2, 0) is 14.3 Å². The molecule has 7 heteroatoms. The van der Waals surface area contributed by atoms with E-state index in [-0.39, 0.29) is 11.8 Å². The molecule has 2 N–H and O–H groups in total. The number of benzene rings is 1. The van der Waals surface area contributed by atoms with E-state index in [9.17, 15) is 14.4 Å². The van der Waals surface area contributed by atoms with Gasteiger partial charge in [0.2, 0.25) is 0 Å². The second-order valence-corrected chi connectivity index (χ2v) is 6.48. The number of amides is 1. The number of ether oxygens (including phenoxy) is 2. The molecule has 1 amide bonds. The first-order valence-corrected chi connectivity index (χ1v) is 8.67. The molecule has 144 valence electrons. The van der Waals surface area contributed by atoms with Crippen molar-refractivity contribution in [2.45, 2.75) is 46.8 Å². The molecule has 2 rings (SSSR count). The number of rotatable bonds is 6. The molecule has 1 aromatic carbocycles. The third-order valence-electron chi connectivity index (χ3n) is 3.88. The van der Waals surface area contributed by atoms with Crippen LogP contribution >= 0.6 is 0 Å². The number of aromatic nitrogens is 1. The Kier molecular flexibility index (Phi) is 6.39. The van der Waals surface area contributed by atoms with Gasteiger partial charge >= 0.3 is 11.9 Å². The number of carbonyl (C=O) groups is 3. The number of hydrogen-bond donors (Lipinski definition) is 2. The Balaban J connectivity index is 2.09. The number of anilines is 1. The fraction of sp³-hybridized carbons (Fsp3) is 0.350. The van der Waals surface area contributed by atoms with Crippen LogP contribution in [0.5, 0.6) is 0 Å². The van der Waals surface area contributed by atoms with E-state index < -0.39 is 23.9 Å². The molecule has 0 aliphatic heterocycles. The minimum absolute atomic E-state index is 0.127. The van der Waals surface area contributed by atoms with Gasteiger partial charge in [-0.15, -0.1) is 0 Å². The molecule has 0 fully saturated rings. The average Bonchev–Trinajstić information content (AvgIpc) is 2.89. The number of carbonyl (C=O) groups excluding carboxylic acids is 3. The SMILES string of the molecule is Cc1[nH]c(C(=O)OC(C)C(=O)Nc2ccccc2)c(C)c1C(=O)OC(C)C. The number of aromatic amines is 1. The van der Waals surface area contributed by atoms with E-state index in [1.165, 1.54) is 6.92 Å². The molecular weight excluding hydrogens is 348 g/mol. The van der Waals surface area contributed by atoms with Gasteiger partial charge in [0.1, 0.15) is 5.69 Å². The number of H-pyrrole nitrogens is 1. The Hall–Kier alpha value is -3.09. The first-order valence-electron chi connectivity index (χ1n) is 8.67. The van der Waals surface area contributed by atoms with Crippen LogP contribution in [0, 0.1) is 13.8 Å². The fourth-order valence-corrected chi connectivity index (χ4v) is 2.57. The highest BCUT2D eigenvalue weighted by Gasteiger charge is 2.26. The molecule has 7 nitrogen and oxygen atoms in total. The summed E-state index contributed by atoms with van der Waals surface area (Å²) in [6.07, 6.45) is -1.28. The normalized spacial score (nSPS) is 11.8. The monoisotopic (exact) mass is 372 g/mol. The van der Waals surface area contributed by atoms with Crippen LogP contribution in [-0.4, -0.2) is 35.0 Å².